The van der Waals surface area contributed by atoms with E-state index in [1.54, 1.807) is 42.5 Å². The largest absolute Gasteiger partial charge is 0.493 e. The number of carbonyl (C=O) groups excluding carboxylic acids is 1. The lowest BCUT2D eigenvalue weighted by Crippen LogP contribution is -2.29. The van der Waals surface area contributed by atoms with Crippen molar-refractivity contribution >= 4 is 44.9 Å². The number of benzene rings is 2. The van der Waals surface area contributed by atoms with Crippen molar-refractivity contribution in [3.05, 3.63) is 86.2 Å². The van der Waals surface area contributed by atoms with Gasteiger partial charge in [-0.15, -0.1) is 10.2 Å². The number of rotatable bonds is 7. The van der Waals surface area contributed by atoms with Crippen molar-refractivity contribution in [1.82, 2.24) is 10.2 Å². The van der Waals surface area contributed by atoms with Crippen LogP contribution in [0.25, 0.3) is 11.0 Å². The molecule has 0 fully saturated rings. The maximum atomic E-state index is 13.7. The summed E-state index contributed by atoms with van der Waals surface area (Å²) in [5.41, 5.74) is 0.779. The highest BCUT2D eigenvalue weighted by Gasteiger charge is 2.45. The minimum Gasteiger partial charge on any atom is -0.493 e. The number of methoxy groups -OCH3 is 1. The first-order valence-corrected chi connectivity index (χ1v) is 12.0. The van der Waals surface area contributed by atoms with E-state index in [-0.39, 0.29) is 22.3 Å². The predicted molar refractivity (Wildman–Crippen MR) is 134 cm³/mol. The minimum absolute atomic E-state index is 0.0333. The summed E-state index contributed by atoms with van der Waals surface area (Å²) in [7, 11) is 1.52. The standard InChI is InChI=1S/C25H20ClN3O5S/c1-4-10-33-17-8-6-13(11-18(17)32-3)21-20-22(30)15-12-14(26)7-9-16(15)34-23(20)24(31)29(21)25-28-27-19(5-2)35-25/h4,6-9,11-12,21H,1,5,10H2,2-3H3. The van der Waals surface area contributed by atoms with Gasteiger partial charge in [-0.3, -0.25) is 14.5 Å². The predicted octanol–water partition coefficient (Wildman–Crippen LogP) is 5.18. The second kappa shape index (κ2) is 9.16. The van der Waals surface area contributed by atoms with E-state index in [0.29, 0.717) is 45.6 Å². The Kier molecular flexibility index (Phi) is 6.04. The van der Waals surface area contributed by atoms with Gasteiger partial charge in [0.05, 0.1) is 24.1 Å². The summed E-state index contributed by atoms with van der Waals surface area (Å²) in [5.74, 6) is 0.455. The van der Waals surface area contributed by atoms with Gasteiger partial charge in [0, 0.05) is 5.02 Å². The monoisotopic (exact) mass is 509 g/mol. The Balaban J connectivity index is 1.75. The molecule has 178 valence electrons. The van der Waals surface area contributed by atoms with Crippen LogP contribution in [-0.4, -0.2) is 29.8 Å². The molecule has 1 amide bonds. The van der Waals surface area contributed by atoms with E-state index in [9.17, 15) is 9.59 Å². The van der Waals surface area contributed by atoms with Gasteiger partial charge in [0.25, 0.3) is 5.91 Å². The molecule has 10 heteroatoms. The van der Waals surface area contributed by atoms with Crippen molar-refractivity contribution < 1.29 is 18.7 Å². The van der Waals surface area contributed by atoms with Crippen LogP contribution in [0.1, 0.15) is 39.7 Å². The van der Waals surface area contributed by atoms with Crippen LogP contribution >= 0.6 is 22.9 Å². The van der Waals surface area contributed by atoms with Crippen LogP contribution in [0.2, 0.25) is 5.02 Å². The van der Waals surface area contributed by atoms with Crippen molar-refractivity contribution in [1.29, 1.82) is 0 Å². The fourth-order valence-corrected chi connectivity index (χ4v) is 5.04. The molecule has 3 heterocycles. The number of hydrogen-bond acceptors (Lipinski definition) is 8. The summed E-state index contributed by atoms with van der Waals surface area (Å²) in [5, 5.41) is 10.2. The van der Waals surface area contributed by atoms with E-state index in [4.69, 9.17) is 25.5 Å². The molecule has 35 heavy (non-hydrogen) atoms. The highest BCUT2D eigenvalue weighted by molar-refractivity contribution is 7.15. The molecule has 1 atom stereocenters. The van der Waals surface area contributed by atoms with Gasteiger partial charge in [0.1, 0.15) is 17.2 Å². The Labute approximate surface area is 209 Å². The third-order valence-corrected chi connectivity index (χ3v) is 6.96. The van der Waals surface area contributed by atoms with Gasteiger partial charge in [-0.05, 0) is 42.3 Å². The molecular formula is C25H20ClN3O5S. The second-order valence-electron chi connectivity index (χ2n) is 7.73. The van der Waals surface area contributed by atoms with E-state index >= 15 is 0 Å². The van der Waals surface area contributed by atoms with Gasteiger partial charge in [0.2, 0.25) is 10.9 Å². The molecule has 1 aliphatic heterocycles. The molecular weight excluding hydrogens is 490 g/mol. The molecule has 0 aliphatic carbocycles. The van der Waals surface area contributed by atoms with Crippen LogP contribution in [0, 0.1) is 0 Å². The van der Waals surface area contributed by atoms with Crippen molar-refractivity contribution in [2.45, 2.75) is 19.4 Å². The first kappa shape index (κ1) is 23.1. The molecule has 1 unspecified atom stereocenters. The smallest absolute Gasteiger partial charge is 0.297 e. The van der Waals surface area contributed by atoms with Crippen molar-refractivity contribution in [3.8, 4) is 11.5 Å². The number of ether oxygens (including phenoxy) is 2. The lowest BCUT2D eigenvalue weighted by Gasteiger charge is -2.23. The van der Waals surface area contributed by atoms with Gasteiger partial charge >= 0.3 is 0 Å². The molecule has 2 aromatic heterocycles. The number of nitrogens with zero attached hydrogens (tertiary/aromatic N) is 3. The summed E-state index contributed by atoms with van der Waals surface area (Å²) in [6, 6.07) is 9.18. The quantitative estimate of drug-likeness (QED) is 0.317. The first-order valence-electron chi connectivity index (χ1n) is 10.8. The zero-order valence-electron chi connectivity index (χ0n) is 18.9. The van der Waals surface area contributed by atoms with Crippen LogP contribution < -0.4 is 19.8 Å². The van der Waals surface area contributed by atoms with Gasteiger partial charge in [-0.1, -0.05) is 48.6 Å². The fourth-order valence-electron chi connectivity index (χ4n) is 4.06. The summed E-state index contributed by atoms with van der Waals surface area (Å²) in [6.45, 7) is 5.92. The Morgan fingerprint density at radius 2 is 2.03 bits per heavy atom. The molecule has 4 aromatic rings. The summed E-state index contributed by atoms with van der Waals surface area (Å²) in [6.07, 6.45) is 2.29. The number of aryl methyl sites for hydroxylation is 1. The van der Waals surface area contributed by atoms with Gasteiger partial charge in [0.15, 0.2) is 16.9 Å². The normalized spacial score (nSPS) is 14.9. The van der Waals surface area contributed by atoms with E-state index in [1.807, 2.05) is 6.92 Å². The van der Waals surface area contributed by atoms with Crippen LogP contribution in [0.4, 0.5) is 5.13 Å². The van der Waals surface area contributed by atoms with Crippen molar-refractivity contribution in [2.75, 3.05) is 18.6 Å². The molecule has 0 bridgehead atoms. The summed E-state index contributed by atoms with van der Waals surface area (Å²) in [4.78, 5) is 28.8. The maximum Gasteiger partial charge on any atom is 0.297 e. The molecule has 1 aliphatic rings. The lowest BCUT2D eigenvalue weighted by atomic mass is 9.98. The third-order valence-electron chi connectivity index (χ3n) is 5.66. The van der Waals surface area contributed by atoms with Crippen LogP contribution in [0.3, 0.4) is 0 Å². The summed E-state index contributed by atoms with van der Waals surface area (Å²) >= 11 is 7.44. The highest BCUT2D eigenvalue weighted by atomic mass is 35.5. The lowest BCUT2D eigenvalue weighted by molar-refractivity contribution is 0.0970. The average Bonchev–Trinajstić information content (AvgIpc) is 3.45. The van der Waals surface area contributed by atoms with E-state index in [0.717, 1.165) is 5.01 Å². The van der Waals surface area contributed by atoms with Crippen molar-refractivity contribution in [3.63, 3.8) is 0 Å². The minimum atomic E-state index is -0.808. The maximum absolute atomic E-state index is 13.7. The Bertz CT molecular complexity index is 1530. The number of halogens is 1. The molecule has 0 saturated carbocycles. The Morgan fingerprint density at radius 3 is 2.74 bits per heavy atom. The Hall–Kier alpha value is -3.69. The summed E-state index contributed by atoms with van der Waals surface area (Å²) < 4.78 is 17.2. The molecule has 0 saturated heterocycles. The second-order valence-corrected chi connectivity index (χ2v) is 9.21. The van der Waals surface area contributed by atoms with Gasteiger partial charge < -0.3 is 13.9 Å². The van der Waals surface area contributed by atoms with Gasteiger partial charge in [-0.2, -0.15) is 0 Å². The molecule has 2 aromatic carbocycles. The zero-order chi connectivity index (χ0) is 24.7. The molecule has 5 rings (SSSR count). The number of anilines is 1. The third kappa shape index (κ3) is 3.86. The SMILES string of the molecule is C=CCOc1ccc(C2c3c(oc4ccc(Cl)cc4c3=O)C(=O)N2c2nnc(CC)s2)cc1OC. The Morgan fingerprint density at radius 1 is 1.20 bits per heavy atom. The molecule has 0 spiro atoms. The van der Waals surface area contributed by atoms with Gasteiger partial charge in [-0.25, -0.2) is 0 Å². The van der Waals surface area contributed by atoms with E-state index < -0.39 is 11.9 Å². The van der Waals surface area contributed by atoms with Crippen LogP contribution in [0.5, 0.6) is 11.5 Å². The number of amides is 1. The molecule has 8 nitrogen and oxygen atoms in total. The number of carbonyl (C=O) groups is 1. The topological polar surface area (TPSA) is 94.8 Å². The van der Waals surface area contributed by atoms with E-state index in [1.165, 1.54) is 23.3 Å². The average molecular weight is 510 g/mol. The van der Waals surface area contributed by atoms with Crippen molar-refractivity contribution in [2.24, 2.45) is 0 Å². The van der Waals surface area contributed by atoms with E-state index in [2.05, 4.69) is 16.8 Å². The number of fused-ring (bicyclic) bond motifs is 2. The molecule has 0 N–H and O–H groups in total. The number of aromatic nitrogens is 2. The zero-order valence-corrected chi connectivity index (χ0v) is 20.5. The highest BCUT2D eigenvalue weighted by Crippen LogP contribution is 2.44. The fraction of sp³-hybridized carbons (Fsp3) is 0.200. The first-order chi connectivity index (χ1) is 17.0. The molecule has 0 radical (unpaired) electrons. The number of hydrogen-bond donors (Lipinski definition) is 0. The van der Waals surface area contributed by atoms with Crippen LogP contribution in [-0.2, 0) is 6.42 Å². The van der Waals surface area contributed by atoms with Crippen LogP contribution in [0.15, 0.2) is 58.3 Å².